The van der Waals surface area contributed by atoms with Crippen LogP contribution < -0.4 is 14.8 Å². The van der Waals surface area contributed by atoms with Crippen LogP contribution >= 0.6 is 0 Å². The molecule has 0 fully saturated rings. The number of hydrogen-bond donors (Lipinski definition) is 3. The molecule has 0 aliphatic carbocycles. The van der Waals surface area contributed by atoms with Crippen LogP contribution in [0, 0.1) is 10.8 Å². The van der Waals surface area contributed by atoms with Gasteiger partial charge in [-0.15, -0.1) is 0 Å². The minimum absolute atomic E-state index is 0.281. The molecule has 0 unspecified atom stereocenters. The second-order valence-corrected chi connectivity index (χ2v) is 5.94. The number of fused-ring (bicyclic) bond motifs is 2. The maximum atomic E-state index is 8.01. The summed E-state index contributed by atoms with van der Waals surface area (Å²) in [5.41, 5.74) is 0. The van der Waals surface area contributed by atoms with Crippen molar-refractivity contribution in [3.63, 3.8) is 0 Å². The van der Waals surface area contributed by atoms with Crippen LogP contribution in [0.2, 0.25) is 0 Å². The second-order valence-electron chi connectivity index (χ2n) is 5.94. The molecule has 27 heavy (non-hydrogen) atoms. The summed E-state index contributed by atoms with van der Waals surface area (Å²) in [6, 6.07) is 26.2. The lowest BCUT2D eigenvalue weighted by molar-refractivity contribution is 0.497. The quantitative estimate of drug-likeness (QED) is 0.353. The molecule has 0 spiro atoms. The Hall–Kier alpha value is -3.86. The van der Waals surface area contributed by atoms with Gasteiger partial charge in [0.2, 0.25) is 0 Å². The molecule has 3 N–H and O–H groups in total. The van der Waals surface area contributed by atoms with Gasteiger partial charge in [0.15, 0.2) is 0 Å². The fraction of sp³-hybridized carbons (Fsp3) is 0. The van der Waals surface area contributed by atoms with E-state index in [-0.39, 0.29) is 12.0 Å². The monoisotopic (exact) mass is 355 g/mol. The van der Waals surface area contributed by atoms with E-state index < -0.39 is 0 Å². The molecule has 0 amide bonds. The molecule has 0 saturated carbocycles. The summed E-state index contributed by atoms with van der Waals surface area (Å²) in [7, 11) is 0. The largest absolute Gasteiger partial charge is 0.425 e. The van der Waals surface area contributed by atoms with Gasteiger partial charge in [-0.2, -0.15) is 0 Å². The van der Waals surface area contributed by atoms with E-state index in [4.69, 9.17) is 20.3 Å². The van der Waals surface area contributed by atoms with Gasteiger partial charge in [-0.05, 0) is 22.9 Å². The van der Waals surface area contributed by atoms with Crippen LogP contribution in [0.15, 0.2) is 84.9 Å². The van der Waals surface area contributed by atoms with Crippen molar-refractivity contribution >= 4 is 33.6 Å². The topological polar surface area (TPSA) is 78.2 Å². The number of benzene rings is 4. The lowest BCUT2D eigenvalue weighted by atomic mass is 10.1. The Morgan fingerprint density at radius 3 is 1.44 bits per heavy atom. The number of rotatable bonds is 2. The van der Waals surface area contributed by atoms with Crippen LogP contribution in [0.25, 0.3) is 21.5 Å². The van der Waals surface area contributed by atoms with Gasteiger partial charge in [0.05, 0.1) is 0 Å². The summed E-state index contributed by atoms with van der Waals surface area (Å²) in [5, 5.41) is 22.4. The molecule has 4 rings (SSSR count). The van der Waals surface area contributed by atoms with Gasteiger partial charge in [0, 0.05) is 10.8 Å². The first kappa shape index (κ1) is 16.6. The van der Waals surface area contributed by atoms with Crippen LogP contribution in [-0.4, -0.2) is 12.0 Å². The van der Waals surface area contributed by atoms with E-state index in [2.05, 4.69) is 5.32 Å². The predicted molar refractivity (Wildman–Crippen MR) is 108 cm³/mol. The van der Waals surface area contributed by atoms with Crippen molar-refractivity contribution in [1.82, 2.24) is 5.32 Å². The molecule has 0 saturated heterocycles. The lowest BCUT2D eigenvalue weighted by Crippen LogP contribution is -2.36. The molecule has 4 aromatic carbocycles. The average molecular weight is 355 g/mol. The molecule has 0 aliphatic rings. The summed E-state index contributed by atoms with van der Waals surface area (Å²) >= 11 is 0. The predicted octanol–water partition coefficient (Wildman–Crippen LogP) is 4.91. The van der Waals surface area contributed by atoms with Crippen molar-refractivity contribution < 1.29 is 9.47 Å². The van der Waals surface area contributed by atoms with Gasteiger partial charge in [-0.3, -0.25) is 16.1 Å². The van der Waals surface area contributed by atoms with Crippen molar-refractivity contribution in [3.8, 4) is 11.5 Å². The van der Waals surface area contributed by atoms with Crippen LogP contribution in [0.5, 0.6) is 11.5 Å². The summed E-state index contributed by atoms with van der Waals surface area (Å²) in [4.78, 5) is 0. The Labute approximate surface area is 156 Å². The molecule has 4 aromatic rings. The van der Waals surface area contributed by atoms with Gasteiger partial charge in [-0.1, -0.05) is 72.8 Å². The maximum absolute atomic E-state index is 8.01. The number of hydrogen-bond acceptors (Lipinski definition) is 4. The van der Waals surface area contributed by atoms with Gasteiger partial charge in [0.1, 0.15) is 11.5 Å². The summed E-state index contributed by atoms with van der Waals surface area (Å²) < 4.78 is 11.1. The molecule has 0 aromatic heterocycles. The molecule has 5 heteroatoms. The Morgan fingerprint density at radius 2 is 0.963 bits per heavy atom. The van der Waals surface area contributed by atoms with E-state index in [1.807, 2.05) is 72.8 Å². The minimum atomic E-state index is -0.281. The van der Waals surface area contributed by atoms with Crippen molar-refractivity contribution in [3.05, 3.63) is 84.9 Å². The van der Waals surface area contributed by atoms with E-state index in [1.165, 1.54) is 0 Å². The summed E-state index contributed by atoms with van der Waals surface area (Å²) in [5.74, 6) is 1.09. The third kappa shape index (κ3) is 3.57. The molecule has 0 heterocycles. The molecule has 5 nitrogen and oxygen atoms in total. The molecular formula is C22H17N3O2. The fourth-order valence-electron chi connectivity index (χ4n) is 2.94. The number of nitrogens with one attached hydrogen (secondary N) is 3. The number of amidine groups is 2. The zero-order valence-corrected chi connectivity index (χ0v) is 14.4. The highest BCUT2D eigenvalue weighted by Crippen LogP contribution is 2.26. The zero-order valence-electron chi connectivity index (χ0n) is 14.4. The molecule has 0 bridgehead atoms. The van der Waals surface area contributed by atoms with E-state index in [0.29, 0.717) is 11.5 Å². The normalized spacial score (nSPS) is 10.5. The third-order valence-corrected chi connectivity index (χ3v) is 4.15. The molecule has 132 valence electrons. The fourth-order valence-corrected chi connectivity index (χ4v) is 2.94. The standard InChI is InChI=1S/C22H17N3O2/c23-21(26-19-13-5-9-15-7-1-3-11-17(15)19)25-22(24)27-20-14-6-10-16-8-2-4-12-18(16)20/h1-14H,(H3,23,24,25). The van der Waals surface area contributed by atoms with E-state index in [9.17, 15) is 0 Å². The highest BCUT2D eigenvalue weighted by molar-refractivity contribution is 5.96. The first-order valence-corrected chi connectivity index (χ1v) is 8.46. The maximum Gasteiger partial charge on any atom is 0.295 e. The van der Waals surface area contributed by atoms with E-state index >= 15 is 0 Å². The van der Waals surface area contributed by atoms with Crippen LogP contribution in [0.3, 0.4) is 0 Å². The zero-order chi connectivity index (χ0) is 18.6. The highest BCUT2D eigenvalue weighted by atomic mass is 16.5. The SMILES string of the molecule is N=C(NC(=N)Oc1cccc2ccccc12)Oc1cccc2ccccc12. The second kappa shape index (κ2) is 7.17. The Bertz CT molecular complexity index is 1050. The van der Waals surface area contributed by atoms with E-state index in [0.717, 1.165) is 21.5 Å². The van der Waals surface area contributed by atoms with Crippen LogP contribution in [0.4, 0.5) is 0 Å². The minimum Gasteiger partial charge on any atom is -0.425 e. The van der Waals surface area contributed by atoms with Crippen molar-refractivity contribution in [2.75, 3.05) is 0 Å². The van der Waals surface area contributed by atoms with Crippen LogP contribution in [0.1, 0.15) is 0 Å². The molecular weight excluding hydrogens is 338 g/mol. The van der Waals surface area contributed by atoms with Gasteiger partial charge in [0.25, 0.3) is 12.0 Å². The Morgan fingerprint density at radius 1 is 0.556 bits per heavy atom. The summed E-state index contributed by atoms with van der Waals surface area (Å²) in [6.07, 6.45) is 0. The summed E-state index contributed by atoms with van der Waals surface area (Å²) in [6.45, 7) is 0. The smallest absolute Gasteiger partial charge is 0.295 e. The van der Waals surface area contributed by atoms with E-state index in [1.54, 1.807) is 12.1 Å². The first-order valence-electron chi connectivity index (χ1n) is 8.46. The Balaban J connectivity index is 1.47. The highest BCUT2D eigenvalue weighted by Gasteiger charge is 2.10. The van der Waals surface area contributed by atoms with Gasteiger partial charge in [-0.25, -0.2) is 0 Å². The van der Waals surface area contributed by atoms with Crippen molar-refractivity contribution in [1.29, 1.82) is 10.8 Å². The van der Waals surface area contributed by atoms with Gasteiger partial charge < -0.3 is 9.47 Å². The first-order chi connectivity index (χ1) is 13.2. The lowest BCUT2D eigenvalue weighted by Gasteiger charge is -2.13. The van der Waals surface area contributed by atoms with Crippen molar-refractivity contribution in [2.24, 2.45) is 0 Å². The van der Waals surface area contributed by atoms with Crippen LogP contribution in [-0.2, 0) is 0 Å². The average Bonchev–Trinajstić information content (AvgIpc) is 2.68. The Kier molecular flexibility index (Phi) is 4.41. The van der Waals surface area contributed by atoms with Crippen molar-refractivity contribution in [2.45, 2.75) is 0 Å². The molecule has 0 radical (unpaired) electrons. The molecule has 0 aliphatic heterocycles. The molecule has 0 atom stereocenters. The number of ether oxygens (including phenoxy) is 2. The third-order valence-electron chi connectivity index (χ3n) is 4.15. The van der Waals surface area contributed by atoms with Gasteiger partial charge >= 0.3 is 0 Å².